The fourth-order valence-electron chi connectivity index (χ4n) is 1.55. The Morgan fingerprint density at radius 2 is 2.00 bits per heavy atom. The third-order valence-corrected chi connectivity index (χ3v) is 3.13. The van der Waals surface area contributed by atoms with Gasteiger partial charge in [0.2, 0.25) is 0 Å². The van der Waals surface area contributed by atoms with Crippen LogP contribution < -0.4 is 15.4 Å². The number of alkyl halides is 3. The maximum Gasteiger partial charge on any atom is 0.422 e. The molecular formula is C14H18F4N2O3. The van der Waals surface area contributed by atoms with Crippen molar-refractivity contribution in [3.05, 3.63) is 24.0 Å². The Morgan fingerprint density at radius 3 is 2.52 bits per heavy atom. The molecule has 1 aromatic carbocycles. The zero-order valence-electron chi connectivity index (χ0n) is 12.6. The summed E-state index contributed by atoms with van der Waals surface area (Å²) in [5, 5.41) is 13.9. The summed E-state index contributed by atoms with van der Waals surface area (Å²) in [4.78, 5) is 11.9. The van der Waals surface area contributed by atoms with E-state index in [1.807, 2.05) is 0 Å². The van der Waals surface area contributed by atoms with Gasteiger partial charge >= 0.3 is 12.2 Å². The monoisotopic (exact) mass is 338 g/mol. The predicted molar refractivity (Wildman–Crippen MR) is 75.9 cm³/mol. The molecule has 0 spiro atoms. The summed E-state index contributed by atoms with van der Waals surface area (Å²) in [7, 11) is 0. The first-order chi connectivity index (χ1) is 10.6. The number of aliphatic hydroxyl groups excluding tert-OH is 1. The molecule has 1 aromatic rings. The van der Waals surface area contributed by atoms with Crippen LogP contribution in [0.2, 0.25) is 0 Å². The van der Waals surface area contributed by atoms with Gasteiger partial charge in [-0.1, -0.05) is 6.92 Å². The molecule has 9 heteroatoms. The molecule has 0 aromatic heterocycles. The van der Waals surface area contributed by atoms with Gasteiger partial charge in [-0.25, -0.2) is 9.18 Å². The standard InChI is InChI=1S/C14H18F4N2O3/c1-3-13(2,7-21)20-12(22)19-10-6-9(15)4-5-11(10)23-8-14(16,17)18/h4-6,21H,3,7-8H2,1-2H3,(H2,19,20,22). The second kappa shape index (κ2) is 7.49. The quantitative estimate of drug-likeness (QED) is 0.698. The number of anilines is 1. The van der Waals surface area contributed by atoms with Crippen molar-refractivity contribution < 1.29 is 32.2 Å². The van der Waals surface area contributed by atoms with Crippen LogP contribution in [-0.2, 0) is 0 Å². The molecular weight excluding hydrogens is 320 g/mol. The van der Waals surface area contributed by atoms with Crippen LogP contribution in [0, 0.1) is 5.82 Å². The zero-order chi connectivity index (χ0) is 17.7. The number of carbonyl (C=O) groups excluding carboxylic acids is 1. The van der Waals surface area contributed by atoms with Gasteiger partial charge in [0, 0.05) is 6.07 Å². The largest absolute Gasteiger partial charge is 0.482 e. The van der Waals surface area contributed by atoms with Gasteiger partial charge < -0.3 is 20.5 Å². The maximum atomic E-state index is 13.3. The Labute approximate surface area is 130 Å². The molecule has 0 aliphatic carbocycles. The lowest BCUT2D eigenvalue weighted by Crippen LogP contribution is -2.50. The molecule has 1 unspecified atom stereocenters. The van der Waals surface area contributed by atoms with Crippen LogP contribution in [0.25, 0.3) is 0 Å². The number of halogens is 4. The number of urea groups is 1. The van der Waals surface area contributed by atoms with Crippen LogP contribution in [0.4, 0.5) is 28.0 Å². The summed E-state index contributed by atoms with van der Waals surface area (Å²) < 4.78 is 54.4. The third kappa shape index (κ3) is 6.31. The average Bonchev–Trinajstić information content (AvgIpc) is 2.45. The molecule has 130 valence electrons. The Kier molecular flexibility index (Phi) is 6.20. The fourth-order valence-corrected chi connectivity index (χ4v) is 1.55. The van der Waals surface area contributed by atoms with E-state index in [0.717, 1.165) is 18.2 Å². The molecule has 0 bridgehead atoms. The van der Waals surface area contributed by atoms with Gasteiger partial charge in [0.05, 0.1) is 17.8 Å². The number of hydrogen-bond acceptors (Lipinski definition) is 3. The van der Waals surface area contributed by atoms with Crippen LogP contribution in [-0.4, -0.2) is 36.1 Å². The topological polar surface area (TPSA) is 70.6 Å². The van der Waals surface area contributed by atoms with Gasteiger partial charge in [-0.05, 0) is 25.5 Å². The van der Waals surface area contributed by atoms with E-state index in [4.69, 9.17) is 0 Å². The molecule has 0 saturated heterocycles. The van der Waals surface area contributed by atoms with Crippen molar-refractivity contribution in [3.8, 4) is 5.75 Å². The Balaban J connectivity index is 2.86. The van der Waals surface area contributed by atoms with Crippen molar-refractivity contribution >= 4 is 11.7 Å². The molecule has 2 amide bonds. The van der Waals surface area contributed by atoms with Gasteiger partial charge in [-0.15, -0.1) is 0 Å². The van der Waals surface area contributed by atoms with Crippen molar-refractivity contribution in [2.75, 3.05) is 18.5 Å². The highest BCUT2D eigenvalue weighted by Gasteiger charge is 2.29. The molecule has 0 aliphatic heterocycles. The van der Waals surface area contributed by atoms with Crippen LogP contribution in [0.1, 0.15) is 20.3 Å². The number of nitrogens with one attached hydrogen (secondary N) is 2. The number of rotatable bonds is 6. The molecule has 1 atom stereocenters. The molecule has 23 heavy (non-hydrogen) atoms. The summed E-state index contributed by atoms with van der Waals surface area (Å²) >= 11 is 0. The minimum atomic E-state index is -4.56. The first-order valence-corrected chi connectivity index (χ1v) is 6.77. The van der Waals surface area contributed by atoms with Gasteiger partial charge in [0.1, 0.15) is 11.6 Å². The smallest absolute Gasteiger partial charge is 0.422 e. The molecule has 0 radical (unpaired) electrons. The molecule has 0 heterocycles. The van der Waals surface area contributed by atoms with Gasteiger partial charge in [-0.2, -0.15) is 13.2 Å². The first kappa shape index (κ1) is 19.0. The summed E-state index contributed by atoms with van der Waals surface area (Å²) in [6.45, 7) is 1.41. The predicted octanol–water partition coefficient (Wildman–Crippen LogP) is 3.05. The normalized spacial score (nSPS) is 14.0. The van der Waals surface area contributed by atoms with Crippen molar-refractivity contribution in [2.45, 2.75) is 32.0 Å². The molecule has 0 fully saturated rings. The van der Waals surface area contributed by atoms with E-state index < -0.39 is 30.2 Å². The zero-order valence-corrected chi connectivity index (χ0v) is 12.6. The Morgan fingerprint density at radius 1 is 1.35 bits per heavy atom. The summed E-state index contributed by atoms with van der Waals surface area (Å²) in [5.74, 6) is -1.07. The number of carbonyl (C=O) groups is 1. The first-order valence-electron chi connectivity index (χ1n) is 6.77. The minimum absolute atomic E-state index is 0.247. The molecule has 3 N–H and O–H groups in total. The summed E-state index contributed by atoms with van der Waals surface area (Å²) in [5.41, 5.74) is -1.16. The number of amides is 2. The van der Waals surface area contributed by atoms with Crippen LogP contribution in [0.15, 0.2) is 18.2 Å². The highest BCUT2D eigenvalue weighted by atomic mass is 19.4. The van der Waals surface area contributed by atoms with Crippen molar-refractivity contribution in [1.29, 1.82) is 0 Å². The van der Waals surface area contributed by atoms with E-state index in [-0.39, 0.29) is 18.0 Å². The lowest BCUT2D eigenvalue weighted by molar-refractivity contribution is -0.153. The van der Waals surface area contributed by atoms with Crippen molar-refractivity contribution in [1.82, 2.24) is 5.32 Å². The van der Waals surface area contributed by atoms with Gasteiger partial charge in [0.15, 0.2) is 6.61 Å². The molecule has 0 saturated carbocycles. The van der Waals surface area contributed by atoms with E-state index in [9.17, 15) is 27.5 Å². The van der Waals surface area contributed by atoms with E-state index in [1.54, 1.807) is 13.8 Å². The summed E-state index contributed by atoms with van der Waals surface area (Å²) in [6, 6.07) is 1.94. The number of ether oxygens (including phenoxy) is 1. The Hall–Kier alpha value is -2.03. The Bertz CT molecular complexity index is 545. The van der Waals surface area contributed by atoms with E-state index in [2.05, 4.69) is 15.4 Å². The highest BCUT2D eigenvalue weighted by Crippen LogP contribution is 2.27. The fraction of sp³-hybridized carbons (Fsp3) is 0.500. The van der Waals surface area contributed by atoms with E-state index in [1.165, 1.54) is 0 Å². The second-order valence-electron chi connectivity index (χ2n) is 5.20. The minimum Gasteiger partial charge on any atom is -0.482 e. The average molecular weight is 338 g/mol. The van der Waals surface area contributed by atoms with E-state index in [0.29, 0.717) is 6.42 Å². The SMILES string of the molecule is CCC(C)(CO)NC(=O)Nc1cc(F)ccc1OCC(F)(F)F. The number of hydrogen-bond donors (Lipinski definition) is 3. The lowest BCUT2D eigenvalue weighted by atomic mass is 10.0. The molecule has 0 aliphatic rings. The third-order valence-electron chi connectivity index (χ3n) is 3.13. The number of benzene rings is 1. The van der Waals surface area contributed by atoms with Gasteiger partial charge in [0.25, 0.3) is 0 Å². The van der Waals surface area contributed by atoms with Crippen LogP contribution in [0.5, 0.6) is 5.75 Å². The van der Waals surface area contributed by atoms with Gasteiger partial charge in [-0.3, -0.25) is 0 Å². The summed E-state index contributed by atoms with van der Waals surface area (Å²) in [6.07, 6.45) is -4.15. The second-order valence-corrected chi connectivity index (χ2v) is 5.20. The van der Waals surface area contributed by atoms with Crippen LogP contribution in [0.3, 0.4) is 0 Å². The van der Waals surface area contributed by atoms with Crippen molar-refractivity contribution in [2.24, 2.45) is 0 Å². The van der Waals surface area contributed by atoms with Crippen LogP contribution >= 0.6 is 0 Å². The lowest BCUT2D eigenvalue weighted by Gasteiger charge is -2.27. The number of aliphatic hydroxyl groups is 1. The van der Waals surface area contributed by atoms with Crippen molar-refractivity contribution in [3.63, 3.8) is 0 Å². The molecule has 5 nitrogen and oxygen atoms in total. The maximum absolute atomic E-state index is 13.3. The van der Waals surface area contributed by atoms with E-state index >= 15 is 0 Å². The molecule has 1 rings (SSSR count). The highest BCUT2D eigenvalue weighted by molar-refractivity contribution is 5.91.